The van der Waals surface area contributed by atoms with Crippen LogP contribution in [0.1, 0.15) is 58.3 Å². The van der Waals surface area contributed by atoms with Gasteiger partial charge >= 0.3 is 5.97 Å². The Labute approximate surface area is 98.9 Å². The van der Waals surface area contributed by atoms with E-state index in [9.17, 15) is 4.79 Å². The van der Waals surface area contributed by atoms with E-state index in [2.05, 4.69) is 12.2 Å². The van der Waals surface area contributed by atoms with Gasteiger partial charge in [0.25, 0.3) is 0 Å². The second-order valence-electron chi connectivity index (χ2n) is 4.77. The third-order valence-electron chi connectivity index (χ3n) is 3.37. The molecule has 1 rings (SSSR count). The van der Waals surface area contributed by atoms with Crippen LogP contribution in [0, 0.1) is 0 Å². The Morgan fingerprint density at radius 1 is 1.31 bits per heavy atom. The summed E-state index contributed by atoms with van der Waals surface area (Å²) in [6.45, 7) is 2.23. The maximum absolute atomic E-state index is 11.2. The second-order valence-corrected chi connectivity index (χ2v) is 4.77. The molecule has 1 N–H and O–H groups in total. The van der Waals surface area contributed by atoms with Crippen molar-refractivity contribution >= 4 is 5.97 Å². The zero-order chi connectivity index (χ0) is 11.8. The maximum atomic E-state index is 11.2. The summed E-state index contributed by atoms with van der Waals surface area (Å²) in [7, 11) is 1.46. The number of esters is 1. The van der Waals surface area contributed by atoms with E-state index in [1.165, 1.54) is 45.6 Å². The molecule has 0 bridgehead atoms. The summed E-state index contributed by atoms with van der Waals surface area (Å²) in [5, 5.41) is 3.58. The lowest BCUT2D eigenvalue weighted by atomic mass is 9.93. The fourth-order valence-corrected chi connectivity index (χ4v) is 2.42. The monoisotopic (exact) mass is 227 g/mol. The molecule has 0 aromatic carbocycles. The minimum Gasteiger partial charge on any atom is -0.469 e. The average molecular weight is 227 g/mol. The molecule has 3 heteroatoms. The van der Waals surface area contributed by atoms with Crippen molar-refractivity contribution in [3.05, 3.63) is 0 Å². The Morgan fingerprint density at radius 3 is 2.75 bits per heavy atom. The van der Waals surface area contributed by atoms with Gasteiger partial charge in [0.1, 0.15) is 0 Å². The quantitative estimate of drug-likeness (QED) is 0.560. The minimum absolute atomic E-state index is 0.0910. The molecule has 0 amide bonds. The van der Waals surface area contributed by atoms with Gasteiger partial charge in [0, 0.05) is 12.1 Å². The first kappa shape index (κ1) is 13.5. The largest absolute Gasteiger partial charge is 0.469 e. The van der Waals surface area contributed by atoms with Gasteiger partial charge in [0.2, 0.25) is 0 Å². The smallest absolute Gasteiger partial charge is 0.307 e. The Hall–Kier alpha value is -0.570. The van der Waals surface area contributed by atoms with Crippen LogP contribution in [-0.2, 0) is 9.53 Å². The van der Waals surface area contributed by atoms with Crippen molar-refractivity contribution in [3.8, 4) is 0 Å². The third kappa shape index (κ3) is 4.97. The van der Waals surface area contributed by atoms with Crippen molar-refractivity contribution in [3.63, 3.8) is 0 Å². The summed E-state index contributed by atoms with van der Waals surface area (Å²) in [6, 6.07) is 0.961. The van der Waals surface area contributed by atoms with Crippen LogP contribution in [0.3, 0.4) is 0 Å². The van der Waals surface area contributed by atoms with Crippen LogP contribution in [0.4, 0.5) is 0 Å². The first-order chi connectivity index (χ1) is 7.76. The van der Waals surface area contributed by atoms with Crippen molar-refractivity contribution in [2.45, 2.75) is 70.4 Å². The summed E-state index contributed by atoms with van der Waals surface area (Å²) in [5.74, 6) is -0.0910. The van der Waals surface area contributed by atoms with Crippen LogP contribution in [0.2, 0.25) is 0 Å². The molecule has 2 unspecified atom stereocenters. The number of hydrogen-bond donors (Lipinski definition) is 1. The second kappa shape index (κ2) is 7.66. The van der Waals surface area contributed by atoms with Gasteiger partial charge in [-0.15, -0.1) is 0 Å². The number of carbonyl (C=O) groups excluding carboxylic acids is 1. The van der Waals surface area contributed by atoms with Crippen molar-refractivity contribution in [1.82, 2.24) is 5.32 Å². The molecule has 16 heavy (non-hydrogen) atoms. The molecule has 1 saturated heterocycles. The Bertz CT molecular complexity index is 206. The Morgan fingerprint density at radius 2 is 2.06 bits per heavy atom. The number of methoxy groups -OCH3 is 1. The third-order valence-corrected chi connectivity index (χ3v) is 3.37. The van der Waals surface area contributed by atoms with Gasteiger partial charge in [-0.05, 0) is 19.3 Å². The molecule has 0 aromatic rings. The lowest BCUT2D eigenvalue weighted by Gasteiger charge is -2.30. The van der Waals surface area contributed by atoms with Gasteiger partial charge < -0.3 is 10.1 Å². The van der Waals surface area contributed by atoms with Crippen LogP contribution in [-0.4, -0.2) is 25.2 Å². The van der Waals surface area contributed by atoms with E-state index < -0.39 is 0 Å². The summed E-state index contributed by atoms with van der Waals surface area (Å²) in [4.78, 5) is 11.2. The molecule has 2 atom stereocenters. The van der Waals surface area contributed by atoms with Crippen LogP contribution in [0.5, 0.6) is 0 Å². The maximum Gasteiger partial charge on any atom is 0.307 e. The van der Waals surface area contributed by atoms with Crippen LogP contribution in [0.25, 0.3) is 0 Å². The van der Waals surface area contributed by atoms with Gasteiger partial charge in [0.15, 0.2) is 0 Å². The highest BCUT2D eigenvalue weighted by atomic mass is 16.5. The molecule has 1 aliphatic heterocycles. The van der Waals surface area contributed by atoms with E-state index in [1.807, 2.05) is 0 Å². The van der Waals surface area contributed by atoms with Crippen molar-refractivity contribution in [1.29, 1.82) is 0 Å². The Balaban J connectivity index is 2.21. The van der Waals surface area contributed by atoms with Crippen molar-refractivity contribution in [2.24, 2.45) is 0 Å². The van der Waals surface area contributed by atoms with Crippen LogP contribution >= 0.6 is 0 Å². The van der Waals surface area contributed by atoms with Gasteiger partial charge in [-0.3, -0.25) is 4.79 Å². The normalized spacial score (nSPS) is 25.4. The number of rotatable bonds is 6. The lowest BCUT2D eigenvalue weighted by molar-refractivity contribution is -0.141. The molecule has 0 spiro atoms. The van der Waals surface area contributed by atoms with Crippen molar-refractivity contribution in [2.75, 3.05) is 7.11 Å². The van der Waals surface area contributed by atoms with E-state index in [1.54, 1.807) is 0 Å². The molecule has 1 heterocycles. The summed E-state index contributed by atoms with van der Waals surface area (Å²) in [6.07, 6.45) is 9.30. The number of ether oxygens (including phenoxy) is 1. The zero-order valence-corrected chi connectivity index (χ0v) is 10.6. The molecule has 94 valence electrons. The topological polar surface area (TPSA) is 38.3 Å². The standard InChI is InChI=1S/C13H25NO2/c1-3-4-5-7-11-8-6-9-12(14-11)10-13(15)16-2/h11-12,14H,3-10H2,1-2H3. The number of unbranched alkanes of at least 4 members (excludes halogenated alkanes) is 2. The first-order valence-electron chi connectivity index (χ1n) is 6.59. The molecule has 0 aromatic heterocycles. The predicted octanol–water partition coefficient (Wildman–Crippen LogP) is 2.64. The van der Waals surface area contributed by atoms with Gasteiger partial charge in [0.05, 0.1) is 13.5 Å². The van der Waals surface area contributed by atoms with Gasteiger partial charge in [-0.2, -0.15) is 0 Å². The van der Waals surface area contributed by atoms with E-state index in [0.29, 0.717) is 18.5 Å². The number of carbonyl (C=O) groups is 1. The van der Waals surface area contributed by atoms with Crippen LogP contribution < -0.4 is 5.32 Å². The molecule has 0 saturated carbocycles. The van der Waals surface area contributed by atoms with Crippen molar-refractivity contribution < 1.29 is 9.53 Å². The fourth-order valence-electron chi connectivity index (χ4n) is 2.42. The number of nitrogens with one attached hydrogen (secondary N) is 1. The summed E-state index contributed by atoms with van der Waals surface area (Å²) < 4.78 is 4.71. The molecule has 1 aliphatic rings. The summed E-state index contributed by atoms with van der Waals surface area (Å²) >= 11 is 0. The average Bonchev–Trinajstić information content (AvgIpc) is 2.30. The molecular formula is C13H25NO2. The Kier molecular flexibility index (Phi) is 6.46. The van der Waals surface area contributed by atoms with Gasteiger partial charge in [-0.25, -0.2) is 0 Å². The number of hydrogen-bond acceptors (Lipinski definition) is 3. The SMILES string of the molecule is CCCCCC1CCCC(CC(=O)OC)N1. The predicted molar refractivity (Wildman–Crippen MR) is 65.3 cm³/mol. The van der Waals surface area contributed by atoms with E-state index in [-0.39, 0.29) is 5.97 Å². The van der Waals surface area contributed by atoms with E-state index >= 15 is 0 Å². The van der Waals surface area contributed by atoms with Crippen LogP contribution in [0.15, 0.2) is 0 Å². The summed E-state index contributed by atoms with van der Waals surface area (Å²) in [5.41, 5.74) is 0. The zero-order valence-electron chi connectivity index (χ0n) is 10.6. The number of piperidine rings is 1. The lowest BCUT2D eigenvalue weighted by Crippen LogP contribution is -2.43. The first-order valence-corrected chi connectivity index (χ1v) is 6.59. The molecular weight excluding hydrogens is 202 g/mol. The van der Waals surface area contributed by atoms with E-state index in [0.717, 1.165) is 6.42 Å². The fraction of sp³-hybridized carbons (Fsp3) is 0.923. The minimum atomic E-state index is -0.0910. The highest BCUT2D eigenvalue weighted by molar-refractivity contribution is 5.69. The highest BCUT2D eigenvalue weighted by Crippen LogP contribution is 2.19. The van der Waals surface area contributed by atoms with Gasteiger partial charge in [-0.1, -0.05) is 32.6 Å². The molecule has 0 radical (unpaired) electrons. The molecule has 0 aliphatic carbocycles. The molecule has 1 fully saturated rings. The highest BCUT2D eigenvalue weighted by Gasteiger charge is 2.22. The van der Waals surface area contributed by atoms with E-state index in [4.69, 9.17) is 4.74 Å². The molecule has 3 nitrogen and oxygen atoms in total.